The van der Waals surface area contributed by atoms with E-state index < -0.39 is 12.8 Å². The topological polar surface area (TPSA) is 81.3 Å². The number of aromatic nitrogens is 2. The summed E-state index contributed by atoms with van der Waals surface area (Å²) in [5.74, 6) is 0.705. The average Bonchev–Trinajstić information content (AvgIpc) is 3.31. The largest absolute Gasteiger partial charge is 0.468 e. The van der Waals surface area contributed by atoms with E-state index in [9.17, 15) is 18.0 Å². The van der Waals surface area contributed by atoms with Crippen molar-refractivity contribution in [1.82, 2.24) is 14.9 Å². The highest BCUT2D eigenvalue weighted by atomic mass is 32.1. The first-order chi connectivity index (χ1) is 18.2. The lowest BCUT2D eigenvalue weighted by Crippen LogP contribution is -2.29. The molecule has 4 rings (SSSR count). The minimum absolute atomic E-state index is 0.0757. The minimum atomic E-state index is -4.33. The molecule has 214 valence electrons. The van der Waals surface area contributed by atoms with Crippen molar-refractivity contribution in [1.29, 1.82) is 0 Å². The van der Waals surface area contributed by atoms with Gasteiger partial charge in [0, 0.05) is 49.3 Å². The van der Waals surface area contributed by atoms with Crippen LogP contribution < -0.4 is 10.5 Å². The number of hydrogen-bond acceptors (Lipinski definition) is 6. The molecule has 1 amide bonds. The number of amides is 1. The Morgan fingerprint density at radius 2 is 1.84 bits per heavy atom. The van der Waals surface area contributed by atoms with Crippen LogP contribution >= 0.6 is 11.3 Å². The molecule has 38 heavy (non-hydrogen) atoms. The minimum Gasteiger partial charge on any atom is -0.468 e. The average molecular weight is 557 g/mol. The summed E-state index contributed by atoms with van der Waals surface area (Å²) < 4.78 is 41.6. The Hall–Kier alpha value is -2.46. The number of ether oxygens (including phenoxy) is 1. The van der Waals surface area contributed by atoms with Gasteiger partial charge in [-0.3, -0.25) is 9.78 Å². The number of halogens is 3. The molecule has 1 fully saturated rings. The molecule has 1 aliphatic carbocycles. The molecule has 2 aromatic heterocycles. The van der Waals surface area contributed by atoms with E-state index in [-0.39, 0.29) is 11.8 Å². The van der Waals surface area contributed by atoms with Crippen LogP contribution in [0.3, 0.4) is 0 Å². The van der Waals surface area contributed by atoms with Gasteiger partial charge in [-0.25, -0.2) is 4.98 Å². The van der Waals surface area contributed by atoms with E-state index in [2.05, 4.69) is 33.8 Å². The van der Waals surface area contributed by atoms with Crippen LogP contribution in [-0.2, 0) is 17.6 Å². The van der Waals surface area contributed by atoms with Crippen molar-refractivity contribution in [3.8, 4) is 5.88 Å². The second-order valence-corrected chi connectivity index (χ2v) is 10.3. The number of thiazole rings is 1. The molecule has 6 nitrogen and oxygen atoms in total. The Balaban J connectivity index is 0.000000459. The molecular formula is C28H43F3N4O2S. The van der Waals surface area contributed by atoms with Gasteiger partial charge < -0.3 is 15.4 Å². The highest BCUT2D eigenvalue weighted by molar-refractivity contribution is 7.09. The fourth-order valence-electron chi connectivity index (χ4n) is 4.20. The maximum Gasteiger partial charge on any atom is 0.422 e. The van der Waals surface area contributed by atoms with E-state index in [1.807, 2.05) is 18.4 Å². The van der Waals surface area contributed by atoms with Gasteiger partial charge in [-0.2, -0.15) is 13.2 Å². The number of primary amides is 1. The van der Waals surface area contributed by atoms with Crippen molar-refractivity contribution in [2.45, 2.75) is 77.8 Å². The number of pyridine rings is 1. The predicted octanol–water partition coefficient (Wildman–Crippen LogP) is 6.53. The number of carbonyl (C=O) groups is 1. The standard InChI is InChI=1S/C19H27F3N2O.C4H5NS.C3H7NO.C2H4/c20-19(21,22)14-25-18-7-6-16-9-12-24(13-10-17(16)23-18)11-8-15-4-2-1-3-5-15;1-4-5-2-3-6-4;1-2-3(4)5;1-2/h6-7,15H,1-5,8-14H2;2-3H,1H3;2H2,1H3,(H2,4,5);1-2H2. The van der Waals surface area contributed by atoms with Gasteiger partial charge in [0.15, 0.2) is 6.61 Å². The SMILES string of the molecule is C=C.CCC(N)=O.Cc1nccs1.FC(F)(F)COc1ccc2c(n1)CCN(CCC1CCCCC1)CC2. The zero-order valence-electron chi connectivity index (χ0n) is 22.8. The van der Waals surface area contributed by atoms with Crippen LogP contribution in [0.25, 0.3) is 0 Å². The summed E-state index contributed by atoms with van der Waals surface area (Å²) in [6.45, 7) is 11.5. The van der Waals surface area contributed by atoms with Gasteiger partial charge >= 0.3 is 6.18 Å². The third-order valence-electron chi connectivity index (χ3n) is 6.27. The lowest BCUT2D eigenvalue weighted by molar-refractivity contribution is -0.154. The Morgan fingerprint density at radius 3 is 2.37 bits per heavy atom. The van der Waals surface area contributed by atoms with Crippen LogP contribution in [0.5, 0.6) is 5.88 Å². The normalized spacial score (nSPS) is 15.7. The second-order valence-electron chi connectivity index (χ2n) is 9.16. The van der Waals surface area contributed by atoms with Crippen LogP contribution in [0, 0.1) is 12.8 Å². The Labute approximate surface area is 229 Å². The fourth-order valence-corrected chi connectivity index (χ4v) is 4.64. The van der Waals surface area contributed by atoms with Gasteiger partial charge in [0.25, 0.3) is 0 Å². The number of aryl methyl sites for hydroxylation is 1. The summed E-state index contributed by atoms with van der Waals surface area (Å²) in [4.78, 5) is 20.3. The lowest BCUT2D eigenvalue weighted by Gasteiger charge is -2.26. The number of alkyl halides is 3. The summed E-state index contributed by atoms with van der Waals surface area (Å²) in [5, 5.41) is 3.10. The molecule has 0 saturated heterocycles. The molecule has 0 bridgehead atoms. The summed E-state index contributed by atoms with van der Waals surface area (Å²) in [5.41, 5.74) is 6.68. The molecule has 0 atom stereocenters. The van der Waals surface area contributed by atoms with E-state index in [4.69, 9.17) is 4.74 Å². The maximum absolute atomic E-state index is 12.3. The van der Waals surface area contributed by atoms with E-state index in [1.165, 1.54) is 38.5 Å². The zero-order valence-corrected chi connectivity index (χ0v) is 23.6. The van der Waals surface area contributed by atoms with Crippen molar-refractivity contribution >= 4 is 17.2 Å². The van der Waals surface area contributed by atoms with Crippen molar-refractivity contribution in [3.05, 3.63) is 53.1 Å². The summed E-state index contributed by atoms with van der Waals surface area (Å²) in [7, 11) is 0. The van der Waals surface area contributed by atoms with Gasteiger partial charge in [-0.15, -0.1) is 24.5 Å². The molecule has 1 aliphatic heterocycles. The molecule has 3 heterocycles. The van der Waals surface area contributed by atoms with Gasteiger partial charge in [-0.05, 0) is 37.8 Å². The molecule has 2 aliphatic rings. The number of rotatable bonds is 6. The Kier molecular flexibility index (Phi) is 16.6. The number of fused-ring (bicyclic) bond motifs is 1. The van der Waals surface area contributed by atoms with E-state index >= 15 is 0 Å². The highest BCUT2D eigenvalue weighted by Gasteiger charge is 2.29. The number of nitrogens with zero attached hydrogens (tertiary/aromatic N) is 3. The van der Waals surface area contributed by atoms with Crippen LogP contribution in [0.15, 0.2) is 36.9 Å². The first kappa shape index (κ1) is 33.6. The lowest BCUT2D eigenvalue weighted by atomic mass is 9.87. The first-order valence-electron chi connectivity index (χ1n) is 13.2. The molecule has 10 heteroatoms. The number of hydrogen-bond donors (Lipinski definition) is 1. The summed E-state index contributed by atoms with van der Waals surface area (Å²) in [6.07, 6.45) is 7.76. The van der Waals surface area contributed by atoms with Crippen LogP contribution in [-0.4, -0.2) is 53.2 Å². The number of carbonyl (C=O) groups excluding carboxylic acids is 1. The monoisotopic (exact) mass is 556 g/mol. The number of nitrogens with two attached hydrogens (primary N) is 1. The molecule has 2 aromatic rings. The Bertz CT molecular complexity index is 904. The van der Waals surface area contributed by atoms with Gasteiger partial charge in [-0.1, -0.05) is 45.1 Å². The Morgan fingerprint density at radius 1 is 1.18 bits per heavy atom. The molecule has 0 aromatic carbocycles. The van der Waals surface area contributed by atoms with E-state index in [1.54, 1.807) is 30.5 Å². The molecule has 0 unspecified atom stereocenters. The predicted molar refractivity (Wildman–Crippen MR) is 148 cm³/mol. The van der Waals surface area contributed by atoms with E-state index in [0.29, 0.717) is 6.42 Å². The molecule has 2 N–H and O–H groups in total. The van der Waals surface area contributed by atoms with Gasteiger partial charge in [0.2, 0.25) is 11.8 Å². The molecular weight excluding hydrogens is 513 g/mol. The highest BCUT2D eigenvalue weighted by Crippen LogP contribution is 2.27. The maximum atomic E-state index is 12.3. The van der Waals surface area contributed by atoms with Crippen LogP contribution in [0.1, 0.15) is 68.1 Å². The van der Waals surface area contributed by atoms with Crippen molar-refractivity contribution in [2.24, 2.45) is 11.7 Å². The van der Waals surface area contributed by atoms with Crippen LogP contribution in [0.2, 0.25) is 0 Å². The quantitative estimate of drug-likeness (QED) is 0.409. The molecule has 0 radical (unpaired) electrons. The van der Waals surface area contributed by atoms with Gasteiger partial charge in [0.1, 0.15) is 0 Å². The van der Waals surface area contributed by atoms with Gasteiger partial charge in [0.05, 0.1) is 5.01 Å². The second kappa shape index (κ2) is 18.7. The van der Waals surface area contributed by atoms with Crippen molar-refractivity contribution in [2.75, 3.05) is 26.2 Å². The molecule has 1 saturated carbocycles. The van der Waals surface area contributed by atoms with E-state index in [0.717, 1.165) is 54.7 Å². The van der Waals surface area contributed by atoms with Crippen molar-refractivity contribution < 1.29 is 22.7 Å². The van der Waals surface area contributed by atoms with Crippen LogP contribution in [0.4, 0.5) is 13.2 Å². The molecule has 0 spiro atoms. The summed E-state index contributed by atoms with van der Waals surface area (Å²) >= 11 is 1.67. The first-order valence-corrected chi connectivity index (χ1v) is 14.1. The van der Waals surface area contributed by atoms with Crippen molar-refractivity contribution in [3.63, 3.8) is 0 Å². The zero-order chi connectivity index (χ0) is 28.4. The fraction of sp³-hybridized carbons (Fsp3) is 0.607. The third kappa shape index (κ3) is 15.1. The smallest absolute Gasteiger partial charge is 0.422 e. The summed E-state index contributed by atoms with van der Waals surface area (Å²) in [6, 6.07) is 3.43. The third-order valence-corrected chi connectivity index (χ3v) is 6.98.